The number of para-hydroxylation sites is 1. The Morgan fingerprint density at radius 2 is 1.90 bits per heavy atom. The summed E-state index contributed by atoms with van der Waals surface area (Å²) in [7, 11) is 1.65. The van der Waals surface area contributed by atoms with E-state index in [-0.39, 0.29) is 11.8 Å². The predicted molar refractivity (Wildman–Crippen MR) is 111 cm³/mol. The number of aryl methyl sites for hydroxylation is 1. The molecule has 1 unspecified atom stereocenters. The lowest BCUT2D eigenvalue weighted by atomic mass is 9.85. The van der Waals surface area contributed by atoms with Crippen LogP contribution in [-0.2, 0) is 4.79 Å². The molecule has 29 heavy (non-hydrogen) atoms. The van der Waals surface area contributed by atoms with Crippen molar-refractivity contribution in [1.82, 2.24) is 14.8 Å². The maximum absolute atomic E-state index is 12.9. The number of ketones is 1. The van der Waals surface area contributed by atoms with Crippen molar-refractivity contribution in [3.8, 4) is 17.1 Å². The SMILES string of the molecule is COc1ccccc1C1C2=C(CCCC2=O)Nc2nc(-c3ccc(C)cc3)nn21. The maximum atomic E-state index is 12.9. The summed E-state index contributed by atoms with van der Waals surface area (Å²) in [6.45, 7) is 2.05. The van der Waals surface area contributed by atoms with Crippen LogP contribution < -0.4 is 10.1 Å². The van der Waals surface area contributed by atoms with Gasteiger partial charge in [0.1, 0.15) is 11.8 Å². The zero-order chi connectivity index (χ0) is 20.0. The van der Waals surface area contributed by atoms with E-state index in [4.69, 9.17) is 14.8 Å². The van der Waals surface area contributed by atoms with Gasteiger partial charge in [0, 0.05) is 28.8 Å². The normalized spacial score (nSPS) is 18.1. The molecule has 0 fully saturated rings. The van der Waals surface area contributed by atoms with Crippen LogP contribution in [0.25, 0.3) is 11.4 Å². The molecule has 0 amide bonds. The lowest BCUT2D eigenvalue weighted by Crippen LogP contribution is -2.31. The summed E-state index contributed by atoms with van der Waals surface area (Å²) >= 11 is 0. The summed E-state index contributed by atoms with van der Waals surface area (Å²) in [5, 5.41) is 8.19. The number of carbonyl (C=O) groups is 1. The molecule has 1 aliphatic heterocycles. The first-order chi connectivity index (χ1) is 14.2. The summed E-state index contributed by atoms with van der Waals surface area (Å²) < 4.78 is 7.45. The molecule has 6 nitrogen and oxygen atoms in total. The number of allylic oxidation sites excluding steroid dienone is 2. The van der Waals surface area contributed by atoms with Gasteiger partial charge in [0.05, 0.1) is 7.11 Å². The quantitative estimate of drug-likeness (QED) is 0.727. The van der Waals surface area contributed by atoms with E-state index >= 15 is 0 Å². The van der Waals surface area contributed by atoms with Crippen molar-refractivity contribution in [3.05, 3.63) is 70.9 Å². The van der Waals surface area contributed by atoms with Gasteiger partial charge in [-0.3, -0.25) is 4.79 Å². The highest BCUT2D eigenvalue weighted by Gasteiger charge is 2.38. The lowest BCUT2D eigenvalue weighted by Gasteiger charge is -2.32. The minimum atomic E-state index is -0.350. The Morgan fingerprint density at radius 1 is 1.10 bits per heavy atom. The van der Waals surface area contributed by atoms with Gasteiger partial charge in [0.25, 0.3) is 0 Å². The second-order valence-electron chi connectivity index (χ2n) is 7.51. The number of aromatic nitrogens is 3. The van der Waals surface area contributed by atoms with Crippen LogP contribution in [-0.4, -0.2) is 27.7 Å². The first kappa shape index (κ1) is 17.7. The number of nitrogens with one attached hydrogen (secondary N) is 1. The van der Waals surface area contributed by atoms with Gasteiger partial charge in [-0.05, 0) is 25.8 Å². The van der Waals surface area contributed by atoms with E-state index in [0.717, 1.165) is 41.0 Å². The summed E-state index contributed by atoms with van der Waals surface area (Å²) in [5.74, 6) is 2.19. The van der Waals surface area contributed by atoms with Crippen molar-refractivity contribution >= 4 is 11.7 Å². The number of anilines is 1. The Bertz CT molecular complexity index is 1130. The van der Waals surface area contributed by atoms with Crippen molar-refractivity contribution in [2.24, 2.45) is 0 Å². The molecule has 0 saturated carbocycles. The summed E-state index contributed by atoms with van der Waals surface area (Å²) in [5.41, 5.74) is 4.77. The standard InChI is InChI=1S/C23H22N4O2/c1-14-10-12-15(13-11-14)22-25-23-24-17-7-5-8-18(28)20(17)21(27(23)26-22)16-6-3-4-9-19(16)29-2/h3-4,6,9-13,21H,5,7-8H2,1-2H3,(H,24,25,26). The molecular weight excluding hydrogens is 364 g/mol. The van der Waals surface area contributed by atoms with Crippen molar-refractivity contribution in [3.63, 3.8) is 0 Å². The summed E-state index contributed by atoms with van der Waals surface area (Å²) in [6, 6.07) is 15.6. The van der Waals surface area contributed by atoms with Gasteiger partial charge >= 0.3 is 0 Å². The molecule has 2 aliphatic rings. The Labute approximate surface area is 169 Å². The van der Waals surface area contributed by atoms with Crippen LogP contribution in [0.15, 0.2) is 59.8 Å². The predicted octanol–water partition coefficient (Wildman–Crippen LogP) is 4.28. The van der Waals surface area contributed by atoms with E-state index in [1.54, 1.807) is 7.11 Å². The summed E-state index contributed by atoms with van der Waals surface area (Å²) in [4.78, 5) is 17.7. The van der Waals surface area contributed by atoms with E-state index in [9.17, 15) is 4.79 Å². The molecule has 1 N–H and O–H groups in total. The molecule has 1 aliphatic carbocycles. The fourth-order valence-electron chi connectivity index (χ4n) is 4.16. The topological polar surface area (TPSA) is 69.0 Å². The third-order valence-electron chi connectivity index (χ3n) is 5.61. The Morgan fingerprint density at radius 3 is 2.69 bits per heavy atom. The lowest BCUT2D eigenvalue weighted by molar-refractivity contribution is -0.116. The van der Waals surface area contributed by atoms with Crippen LogP contribution in [0.3, 0.4) is 0 Å². The molecule has 3 aromatic rings. The number of ether oxygens (including phenoxy) is 1. The van der Waals surface area contributed by atoms with Crippen LogP contribution in [0.2, 0.25) is 0 Å². The molecule has 1 atom stereocenters. The van der Waals surface area contributed by atoms with E-state index in [1.165, 1.54) is 5.56 Å². The number of hydrogen-bond donors (Lipinski definition) is 1. The fourth-order valence-corrected chi connectivity index (χ4v) is 4.16. The molecule has 0 spiro atoms. The molecule has 146 valence electrons. The van der Waals surface area contributed by atoms with Gasteiger partial charge in [-0.25, -0.2) is 4.68 Å². The Hall–Kier alpha value is -3.41. The number of hydrogen-bond acceptors (Lipinski definition) is 5. The average Bonchev–Trinajstić information content (AvgIpc) is 3.16. The smallest absolute Gasteiger partial charge is 0.226 e. The minimum Gasteiger partial charge on any atom is -0.496 e. The van der Waals surface area contributed by atoms with E-state index < -0.39 is 0 Å². The van der Waals surface area contributed by atoms with Crippen LogP contribution in [0.4, 0.5) is 5.95 Å². The largest absolute Gasteiger partial charge is 0.496 e. The Balaban J connectivity index is 1.70. The number of benzene rings is 2. The van der Waals surface area contributed by atoms with Crippen molar-refractivity contribution in [2.45, 2.75) is 32.2 Å². The van der Waals surface area contributed by atoms with Crippen LogP contribution >= 0.6 is 0 Å². The van der Waals surface area contributed by atoms with E-state index in [1.807, 2.05) is 53.2 Å². The number of rotatable bonds is 3. The third kappa shape index (κ3) is 2.92. The monoisotopic (exact) mass is 386 g/mol. The Kier molecular flexibility index (Phi) is 4.19. The third-order valence-corrected chi connectivity index (χ3v) is 5.61. The average molecular weight is 386 g/mol. The van der Waals surface area contributed by atoms with Crippen LogP contribution in [0, 0.1) is 6.92 Å². The number of carbonyl (C=O) groups excluding carboxylic acids is 1. The van der Waals surface area contributed by atoms with Gasteiger partial charge in [0.2, 0.25) is 5.95 Å². The molecule has 1 aromatic heterocycles. The van der Waals surface area contributed by atoms with Gasteiger partial charge in [-0.15, -0.1) is 5.10 Å². The van der Waals surface area contributed by atoms with Crippen LogP contribution in [0.5, 0.6) is 5.75 Å². The molecule has 0 radical (unpaired) electrons. The van der Waals surface area contributed by atoms with Crippen molar-refractivity contribution in [2.75, 3.05) is 12.4 Å². The second kappa shape index (κ2) is 6.88. The number of methoxy groups -OCH3 is 1. The summed E-state index contributed by atoms with van der Waals surface area (Å²) in [6.07, 6.45) is 2.24. The van der Waals surface area contributed by atoms with Gasteiger partial charge in [-0.1, -0.05) is 48.0 Å². The zero-order valence-corrected chi connectivity index (χ0v) is 16.5. The maximum Gasteiger partial charge on any atom is 0.226 e. The molecule has 0 saturated heterocycles. The first-order valence-electron chi connectivity index (χ1n) is 9.85. The molecule has 2 aromatic carbocycles. The fraction of sp³-hybridized carbons (Fsp3) is 0.261. The van der Waals surface area contributed by atoms with Gasteiger partial charge in [-0.2, -0.15) is 4.98 Å². The second-order valence-corrected chi connectivity index (χ2v) is 7.51. The highest BCUT2D eigenvalue weighted by atomic mass is 16.5. The highest BCUT2D eigenvalue weighted by Crippen LogP contribution is 2.43. The molecular formula is C23H22N4O2. The molecule has 0 bridgehead atoms. The van der Waals surface area contributed by atoms with Gasteiger partial charge in [0.15, 0.2) is 11.6 Å². The minimum absolute atomic E-state index is 0.160. The molecule has 5 rings (SSSR count). The van der Waals surface area contributed by atoms with E-state index in [2.05, 4.69) is 12.2 Å². The van der Waals surface area contributed by atoms with Crippen LogP contribution in [0.1, 0.15) is 36.4 Å². The zero-order valence-electron chi connectivity index (χ0n) is 16.5. The molecule has 2 heterocycles. The van der Waals surface area contributed by atoms with Crippen molar-refractivity contribution < 1.29 is 9.53 Å². The number of nitrogens with zero attached hydrogens (tertiary/aromatic N) is 3. The number of Topliss-reactive ketones (excluding diaryl/α,β-unsaturated/α-hetero) is 1. The van der Waals surface area contributed by atoms with Gasteiger partial charge < -0.3 is 10.1 Å². The number of fused-ring (bicyclic) bond motifs is 1. The highest BCUT2D eigenvalue weighted by molar-refractivity contribution is 5.99. The van der Waals surface area contributed by atoms with E-state index in [0.29, 0.717) is 18.2 Å². The molecule has 6 heteroatoms. The first-order valence-corrected chi connectivity index (χ1v) is 9.85. The van der Waals surface area contributed by atoms with Crippen molar-refractivity contribution in [1.29, 1.82) is 0 Å².